The molecule has 1 aromatic carbocycles. The third-order valence-corrected chi connectivity index (χ3v) is 7.39. The number of benzene rings is 1. The first kappa shape index (κ1) is 23.5. The SMILES string of the molecule is COc1ccc(CN2CCCN(C(=O)c3cc(-c4cccs4)nc4c3cnn4C(C)C)CC2)cc1. The molecule has 0 aliphatic carbocycles. The summed E-state index contributed by atoms with van der Waals surface area (Å²) in [5.74, 6) is 0.928. The molecule has 0 spiro atoms. The second-order valence-electron chi connectivity index (χ2n) is 9.22. The van der Waals surface area contributed by atoms with Crippen molar-refractivity contribution in [3.8, 4) is 16.3 Å². The number of nitrogens with zero attached hydrogens (tertiary/aromatic N) is 5. The van der Waals surface area contributed by atoms with Gasteiger partial charge in [0.15, 0.2) is 5.65 Å². The number of rotatable bonds is 6. The minimum atomic E-state index is 0.0600. The molecular formula is C27H31N5O2S. The van der Waals surface area contributed by atoms with Crippen LogP contribution in [0.5, 0.6) is 5.75 Å². The molecule has 7 nitrogen and oxygen atoms in total. The molecule has 4 heterocycles. The summed E-state index contributed by atoms with van der Waals surface area (Å²) >= 11 is 1.63. The molecule has 0 bridgehead atoms. The molecule has 35 heavy (non-hydrogen) atoms. The van der Waals surface area contributed by atoms with E-state index in [0.717, 1.165) is 60.0 Å². The molecule has 5 rings (SSSR count). The Labute approximate surface area is 209 Å². The van der Waals surface area contributed by atoms with Gasteiger partial charge < -0.3 is 9.64 Å². The van der Waals surface area contributed by atoms with Crippen LogP contribution in [-0.4, -0.2) is 63.8 Å². The van der Waals surface area contributed by atoms with E-state index < -0.39 is 0 Å². The number of fused-ring (bicyclic) bond motifs is 1. The maximum absolute atomic E-state index is 13.8. The predicted octanol–water partition coefficient (Wildman–Crippen LogP) is 5.10. The minimum absolute atomic E-state index is 0.0600. The van der Waals surface area contributed by atoms with Gasteiger partial charge in [0.2, 0.25) is 0 Å². The molecule has 8 heteroatoms. The summed E-state index contributed by atoms with van der Waals surface area (Å²) in [5.41, 5.74) is 3.54. The van der Waals surface area contributed by atoms with Crippen LogP contribution in [-0.2, 0) is 6.54 Å². The van der Waals surface area contributed by atoms with Gasteiger partial charge >= 0.3 is 0 Å². The van der Waals surface area contributed by atoms with Gasteiger partial charge in [0, 0.05) is 38.8 Å². The summed E-state index contributed by atoms with van der Waals surface area (Å²) in [6.07, 6.45) is 2.74. The van der Waals surface area contributed by atoms with Crippen LogP contribution in [0.2, 0.25) is 0 Å². The van der Waals surface area contributed by atoms with E-state index in [0.29, 0.717) is 12.1 Å². The number of amides is 1. The van der Waals surface area contributed by atoms with Gasteiger partial charge in [0.05, 0.1) is 34.8 Å². The molecule has 182 valence electrons. The monoisotopic (exact) mass is 489 g/mol. The summed E-state index contributed by atoms with van der Waals surface area (Å²) in [5, 5.41) is 7.42. The average molecular weight is 490 g/mol. The van der Waals surface area contributed by atoms with Crippen LogP contribution < -0.4 is 4.74 Å². The number of thiophene rings is 1. The summed E-state index contributed by atoms with van der Waals surface area (Å²) < 4.78 is 7.18. The van der Waals surface area contributed by atoms with E-state index in [9.17, 15) is 4.79 Å². The van der Waals surface area contributed by atoms with Crippen LogP contribution in [0.3, 0.4) is 0 Å². The van der Waals surface area contributed by atoms with Crippen molar-refractivity contribution in [1.82, 2.24) is 24.6 Å². The Morgan fingerprint density at radius 2 is 1.94 bits per heavy atom. The normalized spacial score (nSPS) is 15.0. The molecule has 1 fully saturated rings. The number of hydrogen-bond donors (Lipinski definition) is 0. The Morgan fingerprint density at radius 1 is 1.11 bits per heavy atom. The molecule has 1 amide bonds. The average Bonchev–Trinajstić information content (AvgIpc) is 3.50. The number of aromatic nitrogens is 3. The van der Waals surface area contributed by atoms with Gasteiger partial charge in [-0.2, -0.15) is 5.10 Å². The number of ether oxygens (including phenoxy) is 1. The molecule has 0 atom stereocenters. The summed E-state index contributed by atoms with van der Waals surface area (Å²) in [4.78, 5) is 24.2. The van der Waals surface area contributed by atoms with Crippen molar-refractivity contribution in [1.29, 1.82) is 0 Å². The van der Waals surface area contributed by atoms with Gasteiger partial charge in [0.1, 0.15) is 5.75 Å². The van der Waals surface area contributed by atoms with Crippen molar-refractivity contribution in [3.63, 3.8) is 0 Å². The highest BCUT2D eigenvalue weighted by atomic mass is 32.1. The topological polar surface area (TPSA) is 63.5 Å². The first-order chi connectivity index (χ1) is 17.0. The molecule has 0 radical (unpaired) electrons. The van der Waals surface area contributed by atoms with Gasteiger partial charge in [-0.25, -0.2) is 9.67 Å². The van der Waals surface area contributed by atoms with Gasteiger partial charge in [-0.3, -0.25) is 9.69 Å². The molecule has 4 aromatic rings. The first-order valence-corrected chi connectivity index (χ1v) is 13.0. The van der Waals surface area contributed by atoms with Crippen LogP contribution >= 0.6 is 11.3 Å². The van der Waals surface area contributed by atoms with E-state index in [1.165, 1.54) is 5.56 Å². The fraction of sp³-hybridized carbons (Fsp3) is 0.370. The second kappa shape index (κ2) is 10.2. The number of carbonyl (C=O) groups excluding carboxylic acids is 1. The van der Waals surface area contributed by atoms with Crippen molar-refractivity contribution in [2.75, 3.05) is 33.3 Å². The Kier molecular flexibility index (Phi) is 6.83. The van der Waals surface area contributed by atoms with Gasteiger partial charge in [-0.15, -0.1) is 11.3 Å². The quantitative estimate of drug-likeness (QED) is 0.377. The van der Waals surface area contributed by atoms with Gasteiger partial charge in [-0.1, -0.05) is 18.2 Å². The van der Waals surface area contributed by atoms with Gasteiger partial charge in [0.25, 0.3) is 5.91 Å². The standard InChI is InChI=1S/C27H31N5O2S/c1-19(2)32-26-23(17-28-32)22(16-24(29-26)25-6-4-15-35-25)27(33)31-12-5-11-30(13-14-31)18-20-7-9-21(34-3)10-8-20/h4,6-10,15-17,19H,5,11-14,18H2,1-3H3. The molecule has 1 saturated heterocycles. The third kappa shape index (κ3) is 4.94. The van der Waals surface area contributed by atoms with E-state index in [1.807, 2.05) is 45.3 Å². The maximum Gasteiger partial charge on any atom is 0.254 e. The molecular weight excluding hydrogens is 458 g/mol. The molecule has 1 aliphatic heterocycles. The smallest absolute Gasteiger partial charge is 0.254 e. The van der Waals surface area contributed by atoms with E-state index in [2.05, 4.69) is 36.0 Å². The summed E-state index contributed by atoms with van der Waals surface area (Å²) in [6.45, 7) is 8.29. The highest BCUT2D eigenvalue weighted by molar-refractivity contribution is 7.13. The highest BCUT2D eigenvalue weighted by Gasteiger charge is 2.25. The lowest BCUT2D eigenvalue weighted by Gasteiger charge is -2.22. The molecule has 3 aromatic heterocycles. The molecule has 0 N–H and O–H groups in total. The van der Waals surface area contributed by atoms with Crippen molar-refractivity contribution < 1.29 is 9.53 Å². The highest BCUT2D eigenvalue weighted by Crippen LogP contribution is 2.30. The maximum atomic E-state index is 13.8. The predicted molar refractivity (Wildman–Crippen MR) is 140 cm³/mol. The van der Waals surface area contributed by atoms with Crippen LogP contribution in [0.25, 0.3) is 21.6 Å². The number of pyridine rings is 1. The Morgan fingerprint density at radius 3 is 2.66 bits per heavy atom. The number of hydrogen-bond acceptors (Lipinski definition) is 6. The minimum Gasteiger partial charge on any atom is -0.497 e. The fourth-order valence-corrected chi connectivity index (χ4v) is 5.30. The molecule has 0 unspecified atom stereocenters. The molecule has 1 aliphatic rings. The van der Waals surface area contributed by atoms with Crippen LogP contribution in [0.15, 0.2) is 54.0 Å². The zero-order chi connectivity index (χ0) is 24.4. The van der Waals surface area contributed by atoms with Crippen molar-refractivity contribution in [3.05, 3.63) is 65.2 Å². The lowest BCUT2D eigenvalue weighted by atomic mass is 10.1. The second-order valence-corrected chi connectivity index (χ2v) is 10.2. The zero-order valence-corrected chi connectivity index (χ0v) is 21.3. The summed E-state index contributed by atoms with van der Waals surface area (Å²) in [7, 11) is 1.68. The van der Waals surface area contributed by atoms with E-state index in [4.69, 9.17) is 9.72 Å². The Balaban J connectivity index is 1.38. The number of carbonyl (C=O) groups is 1. The van der Waals surface area contributed by atoms with Crippen molar-refractivity contribution >= 4 is 28.3 Å². The zero-order valence-electron chi connectivity index (χ0n) is 20.5. The summed E-state index contributed by atoms with van der Waals surface area (Å²) in [6, 6.07) is 14.4. The largest absolute Gasteiger partial charge is 0.497 e. The van der Waals surface area contributed by atoms with Crippen molar-refractivity contribution in [2.45, 2.75) is 32.9 Å². The Bertz CT molecular complexity index is 1300. The van der Waals surface area contributed by atoms with Crippen molar-refractivity contribution in [2.24, 2.45) is 0 Å². The van der Waals surface area contributed by atoms with E-state index in [1.54, 1.807) is 24.6 Å². The Hall–Kier alpha value is -3.23. The van der Waals surface area contributed by atoms with E-state index in [-0.39, 0.29) is 11.9 Å². The third-order valence-electron chi connectivity index (χ3n) is 6.50. The lowest BCUT2D eigenvalue weighted by Crippen LogP contribution is -2.35. The molecule has 0 saturated carbocycles. The van der Waals surface area contributed by atoms with Crippen LogP contribution in [0.4, 0.5) is 0 Å². The van der Waals surface area contributed by atoms with Crippen LogP contribution in [0, 0.1) is 0 Å². The fourth-order valence-electron chi connectivity index (χ4n) is 4.62. The van der Waals surface area contributed by atoms with E-state index >= 15 is 0 Å². The first-order valence-electron chi connectivity index (χ1n) is 12.1. The van der Waals surface area contributed by atoms with Gasteiger partial charge in [-0.05, 0) is 55.5 Å². The van der Waals surface area contributed by atoms with Crippen LogP contribution in [0.1, 0.15) is 42.2 Å². The number of methoxy groups -OCH3 is 1. The lowest BCUT2D eigenvalue weighted by molar-refractivity contribution is 0.0763.